The topological polar surface area (TPSA) is 46.5 Å². The molecule has 0 aliphatic carbocycles. The number of carbonyl (C=O) groups is 1. The standard InChI is InChI=1S/C20H11B2O3/c21-11-5-7-15-17(9-11)25-18-10-12(22)6-8-16(18)19(15)13-3-1-2-4-14(13)20(23)24/h1-10H,(H,23,24). The van der Waals surface area contributed by atoms with Crippen LogP contribution >= 0.6 is 0 Å². The molecule has 3 nitrogen and oxygen atoms in total. The maximum absolute atomic E-state index is 11.7. The summed E-state index contributed by atoms with van der Waals surface area (Å²) in [6.45, 7) is 0. The quantitative estimate of drug-likeness (QED) is 0.574. The monoisotopic (exact) mass is 321 g/mol. The molecule has 0 fully saturated rings. The molecule has 0 amide bonds. The molecule has 0 unspecified atom stereocenters. The van der Waals surface area contributed by atoms with Crippen LogP contribution in [0, 0.1) is 5.11 Å². The second-order valence-electron chi connectivity index (χ2n) is 5.84. The molecule has 1 N–H and O–H groups in total. The molecule has 0 saturated carbocycles. The maximum atomic E-state index is 11.7. The minimum atomic E-state index is -0.983. The van der Waals surface area contributed by atoms with Gasteiger partial charge in [0, 0.05) is 0 Å². The van der Waals surface area contributed by atoms with Gasteiger partial charge in [-0.15, -0.1) is 0 Å². The molecule has 5 heteroatoms. The average molecular weight is 321 g/mol. The normalized spacial score (nSPS) is 12.0. The van der Waals surface area contributed by atoms with Crippen LogP contribution in [0.25, 0.3) is 5.57 Å². The molecular formula is C20H11B2O3. The third-order valence-corrected chi connectivity index (χ3v) is 4.20. The van der Waals surface area contributed by atoms with Crippen molar-refractivity contribution in [2.75, 3.05) is 0 Å². The van der Waals surface area contributed by atoms with Crippen LogP contribution in [-0.2, 0) is 0 Å². The second-order valence-corrected chi connectivity index (χ2v) is 5.84. The molecule has 0 aromatic heterocycles. The fourth-order valence-electron chi connectivity index (χ4n) is 3.10. The van der Waals surface area contributed by atoms with Crippen LogP contribution in [0.1, 0.15) is 21.5 Å². The Morgan fingerprint density at radius 2 is 1.72 bits per heavy atom. The Morgan fingerprint density at radius 1 is 0.920 bits per heavy atom. The van der Waals surface area contributed by atoms with E-state index in [4.69, 9.17) is 20.1 Å². The Kier molecular flexibility index (Phi) is 3.57. The van der Waals surface area contributed by atoms with Crippen LogP contribution in [0.3, 0.4) is 0 Å². The van der Waals surface area contributed by atoms with Crippen LogP contribution in [-0.4, -0.2) is 26.4 Å². The van der Waals surface area contributed by atoms with Gasteiger partial charge in [0.05, 0.1) is 0 Å². The first-order valence-corrected chi connectivity index (χ1v) is 7.72. The third kappa shape index (κ3) is 2.58. The summed E-state index contributed by atoms with van der Waals surface area (Å²) in [4.78, 5) is 11.7. The first-order chi connectivity index (χ1) is 12.0. The Bertz CT molecular complexity index is 1140. The van der Waals surface area contributed by atoms with Crippen LogP contribution in [0.4, 0.5) is 0 Å². The summed E-state index contributed by atoms with van der Waals surface area (Å²) in [6, 6.07) is 17.6. The number of hydrogen-bond donors (Lipinski definition) is 1. The first-order valence-electron chi connectivity index (χ1n) is 7.72. The second kappa shape index (κ2) is 5.78. The summed E-state index contributed by atoms with van der Waals surface area (Å²) < 4.78 is 5.96. The number of hydrogen-bond acceptors (Lipinski definition) is 2. The third-order valence-electron chi connectivity index (χ3n) is 4.20. The molecule has 1 aliphatic rings. The van der Waals surface area contributed by atoms with Crippen molar-refractivity contribution in [3.63, 3.8) is 0 Å². The van der Waals surface area contributed by atoms with Crippen LogP contribution in [0.2, 0.25) is 0 Å². The Balaban J connectivity index is 2.16. The number of ether oxygens (including phenoxy) is 1. The predicted molar refractivity (Wildman–Crippen MR) is 97.6 cm³/mol. The van der Waals surface area contributed by atoms with Gasteiger partial charge in [0.2, 0.25) is 0 Å². The van der Waals surface area contributed by atoms with Crippen molar-refractivity contribution in [2.45, 2.75) is 0 Å². The average Bonchev–Trinajstić information content (AvgIpc) is 2.59. The van der Waals surface area contributed by atoms with Crippen molar-refractivity contribution in [3.8, 4) is 11.5 Å². The van der Waals surface area contributed by atoms with E-state index in [0.29, 0.717) is 27.6 Å². The van der Waals surface area contributed by atoms with Gasteiger partial charge in [-0.1, -0.05) is 0 Å². The van der Waals surface area contributed by atoms with Gasteiger partial charge >= 0.3 is 146 Å². The van der Waals surface area contributed by atoms with E-state index in [2.05, 4.69) is 0 Å². The number of rotatable bonds is 2. The van der Waals surface area contributed by atoms with Crippen molar-refractivity contribution >= 4 is 32.3 Å². The van der Waals surface area contributed by atoms with E-state index in [1.165, 1.54) is 0 Å². The molecule has 3 radical (unpaired) electrons. The van der Waals surface area contributed by atoms with E-state index in [1.807, 2.05) is 18.2 Å². The summed E-state index contributed by atoms with van der Waals surface area (Å²) in [5, 5.41) is 11.0. The zero-order valence-corrected chi connectivity index (χ0v) is 13.2. The molecule has 0 bridgehead atoms. The van der Waals surface area contributed by atoms with Crippen molar-refractivity contribution in [3.05, 3.63) is 87.7 Å². The first kappa shape index (κ1) is 15.5. The molecule has 4 rings (SSSR count). The van der Waals surface area contributed by atoms with Crippen molar-refractivity contribution in [1.82, 2.24) is 0 Å². The van der Waals surface area contributed by atoms with Crippen molar-refractivity contribution < 1.29 is 14.6 Å². The molecular weight excluding hydrogens is 310 g/mol. The minimum absolute atomic E-state index is 0.227. The number of carboxylic acid groups (broad SMARTS) is 1. The molecule has 0 saturated heterocycles. The van der Waals surface area contributed by atoms with Gasteiger partial charge in [0.25, 0.3) is 0 Å². The molecule has 3 aromatic carbocycles. The van der Waals surface area contributed by atoms with E-state index in [9.17, 15) is 9.90 Å². The summed E-state index contributed by atoms with van der Waals surface area (Å²) in [5.41, 5.74) is 2.99. The number of fused-ring (bicyclic) bond motifs is 2. The van der Waals surface area contributed by atoms with Crippen LogP contribution in [0.15, 0.2) is 60.7 Å². The van der Waals surface area contributed by atoms with Crippen molar-refractivity contribution in [1.29, 1.82) is 0 Å². The Hall–Kier alpha value is -3.07. The van der Waals surface area contributed by atoms with E-state index in [-0.39, 0.29) is 5.56 Å². The van der Waals surface area contributed by atoms with Gasteiger partial charge in [-0.05, 0) is 0 Å². The molecule has 1 heterocycles. The van der Waals surface area contributed by atoms with E-state index in [0.717, 1.165) is 16.4 Å². The van der Waals surface area contributed by atoms with Crippen LogP contribution < -0.4 is 15.4 Å². The van der Waals surface area contributed by atoms with Gasteiger partial charge in [-0.3, -0.25) is 0 Å². The molecule has 3 aromatic rings. The summed E-state index contributed by atoms with van der Waals surface area (Å²) in [6.07, 6.45) is 0. The predicted octanol–water partition coefficient (Wildman–Crippen LogP) is 1.95. The summed E-state index contributed by atoms with van der Waals surface area (Å²) in [5.74, 6) is 0.171. The molecule has 0 atom stereocenters. The molecule has 1 aliphatic heterocycles. The van der Waals surface area contributed by atoms with Gasteiger partial charge in [-0.2, -0.15) is 0 Å². The van der Waals surface area contributed by atoms with E-state index >= 15 is 0 Å². The zero-order chi connectivity index (χ0) is 17.6. The van der Waals surface area contributed by atoms with E-state index < -0.39 is 5.97 Å². The summed E-state index contributed by atoms with van der Waals surface area (Å²) in [7, 11) is 11.8. The van der Waals surface area contributed by atoms with Crippen molar-refractivity contribution in [2.24, 2.45) is 0 Å². The molecule has 25 heavy (non-hydrogen) atoms. The SMILES string of the molecule is [B]c1ccc2c(c1)Oc1cc(=[B])ccc1=C2c1ccccc1C(=O)O. The van der Waals surface area contributed by atoms with Gasteiger partial charge in [-0.25, -0.2) is 0 Å². The van der Waals surface area contributed by atoms with Gasteiger partial charge < -0.3 is 0 Å². The Labute approximate surface area is 146 Å². The summed E-state index contributed by atoms with van der Waals surface area (Å²) >= 11 is 0. The van der Waals surface area contributed by atoms with Crippen LogP contribution in [0.5, 0.6) is 11.5 Å². The molecule has 115 valence electrons. The number of carboxylic acids is 1. The van der Waals surface area contributed by atoms with Gasteiger partial charge in [0.1, 0.15) is 0 Å². The fourth-order valence-corrected chi connectivity index (χ4v) is 3.10. The van der Waals surface area contributed by atoms with Gasteiger partial charge in [0.15, 0.2) is 0 Å². The van der Waals surface area contributed by atoms with E-state index in [1.54, 1.807) is 42.5 Å². The number of aromatic carboxylic acids is 1. The zero-order valence-electron chi connectivity index (χ0n) is 13.2. The number of benzene rings is 3. The fraction of sp³-hybridized carbons (Fsp3) is 0. The Morgan fingerprint density at radius 3 is 2.52 bits per heavy atom. The molecule has 0 spiro atoms.